The Bertz CT molecular complexity index is 533. The molecule has 0 aromatic heterocycles. The van der Waals surface area contributed by atoms with Gasteiger partial charge < -0.3 is 20.6 Å². The van der Waals surface area contributed by atoms with Crippen LogP contribution in [-0.2, 0) is 14.4 Å². The highest BCUT2D eigenvalue weighted by molar-refractivity contribution is 5.88. The number of amides is 3. The number of aliphatic hydroxyl groups is 1. The molecule has 8 nitrogen and oxygen atoms in total. The van der Waals surface area contributed by atoms with Gasteiger partial charge in [0.15, 0.2) is 0 Å². The fraction of sp³-hybridized carbons (Fsp3) is 0.389. The van der Waals surface area contributed by atoms with Gasteiger partial charge in [-0.25, -0.2) is 0 Å². The summed E-state index contributed by atoms with van der Waals surface area (Å²) in [5, 5.41) is 15.2. The van der Waals surface area contributed by atoms with Crippen molar-refractivity contribution >= 4 is 17.7 Å². The summed E-state index contributed by atoms with van der Waals surface area (Å²) in [6.45, 7) is 15.6. The fourth-order valence-corrected chi connectivity index (χ4v) is 2.02. The number of carbonyl (C=O) groups is 3. The van der Waals surface area contributed by atoms with Crippen molar-refractivity contribution in [3.05, 3.63) is 50.6 Å². The van der Waals surface area contributed by atoms with Crippen molar-refractivity contribution in [3.8, 4) is 0 Å². The van der Waals surface area contributed by atoms with E-state index < -0.39 is 6.23 Å². The maximum absolute atomic E-state index is 12.0. The Morgan fingerprint density at radius 1 is 0.846 bits per heavy atom. The molecule has 0 aromatic carbocycles. The number of rotatable bonds is 14. The lowest BCUT2D eigenvalue weighted by Crippen LogP contribution is -2.46. The van der Waals surface area contributed by atoms with Gasteiger partial charge in [-0.2, -0.15) is 0 Å². The van der Waals surface area contributed by atoms with Crippen molar-refractivity contribution in [3.63, 3.8) is 0 Å². The molecular weight excluding hydrogens is 336 g/mol. The molecule has 0 saturated heterocycles. The molecule has 0 saturated carbocycles. The molecule has 0 fully saturated rings. The van der Waals surface area contributed by atoms with Crippen LogP contribution in [0.2, 0.25) is 0 Å². The van der Waals surface area contributed by atoms with Crippen molar-refractivity contribution in [2.75, 3.05) is 39.3 Å². The Kier molecular flexibility index (Phi) is 12.2. The summed E-state index contributed by atoms with van der Waals surface area (Å²) in [6, 6.07) is 0. The van der Waals surface area contributed by atoms with E-state index in [1.807, 2.05) is 0 Å². The Balaban J connectivity index is 4.68. The summed E-state index contributed by atoms with van der Waals surface area (Å²) in [5.41, 5.74) is 0. The molecule has 0 aliphatic carbocycles. The first-order valence-electron chi connectivity index (χ1n) is 8.16. The van der Waals surface area contributed by atoms with Gasteiger partial charge in [-0.1, -0.05) is 26.3 Å². The summed E-state index contributed by atoms with van der Waals surface area (Å²) in [5.74, 6) is -0.914. The minimum Gasteiger partial charge on any atom is -0.375 e. The maximum Gasteiger partial charge on any atom is 0.246 e. The summed E-state index contributed by atoms with van der Waals surface area (Å²) in [7, 11) is 0. The van der Waals surface area contributed by atoms with Gasteiger partial charge in [0, 0.05) is 39.3 Å². The number of hydrogen-bond donors (Lipinski definition) is 3. The number of hydrogen-bond acceptors (Lipinski definition) is 5. The SMILES string of the molecule is C=CC(=O)NCCN(CCN(CCNC(=O)C=C)C(O)C=C)C(=O)C=C. The van der Waals surface area contributed by atoms with Crippen LogP contribution in [0.25, 0.3) is 0 Å². The van der Waals surface area contributed by atoms with E-state index in [9.17, 15) is 19.5 Å². The molecule has 0 heterocycles. The molecule has 3 N–H and O–H groups in total. The van der Waals surface area contributed by atoms with Gasteiger partial charge in [0.25, 0.3) is 0 Å². The van der Waals surface area contributed by atoms with Crippen molar-refractivity contribution in [2.24, 2.45) is 0 Å². The van der Waals surface area contributed by atoms with Gasteiger partial charge in [0.1, 0.15) is 6.23 Å². The van der Waals surface area contributed by atoms with Crippen molar-refractivity contribution < 1.29 is 19.5 Å². The van der Waals surface area contributed by atoms with Gasteiger partial charge in [-0.15, -0.1) is 0 Å². The molecule has 0 spiro atoms. The average molecular weight is 364 g/mol. The van der Waals surface area contributed by atoms with E-state index in [1.165, 1.54) is 17.1 Å². The van der Waals surface area contributed by atoms with Crippen LogP contribution in [0, 0.1) is 0 Å². The number of nitrogens with zero attached hydrogens (tertiary/aromatic N) is 2. The molecule has 1 unspecified atom stereocenters. The smallest absolute Gasteiger partial charge is 0.246 e. The normalized spacial score (nSPS) is 11.2. The van der Waals surface area contributed by atoms with Crippen LogP contribution in [0.3, 0.4) is 0 Å². The predicted octanol–water partition coefficient (Wildman–Crippen LogP) is -0.588. The summed E-state index contributed by atoms with van der Waals surface area (Å²) < 4.78 is 0. The highest BCUT2D eigenvalue weighted by Gasteiger charge is 2.16. The second-order valence-corrected chi connectivity index (χ2v) is 5.20. The Morgan fingerprint density at radius 3 is 1.85 bits per heavy atom. The van der Waals surface area contributed by atoms with Crippen LogP contribution in [0.1, 0.15) is 0 Å². The summed E-state index contributed by atoms with van der Waals surface area (Å²) in [4.78, 5) is 37.5. The molecule has 1 atom stereocenters. The Labute approximate surface area is 154 Å². The van der Waals surface area contributed by atoms with Gasteiger partial charge in [0.05, 0.1) is 0 Å². The molecule has 0 aliphatic rings. The predicted molar refractivity (Wildman–Crippen MR) is 101 cm³/mol. The molecule has 0 aliphatic heterocycles. The quantitative estimate of drug-likeness (QED) is 0.217. The minimum absolute atomic E-state index is 0.268. The van der Waals surface area contributed by atoms with Crippen LogP contribution in [-0.4, -0.2) is 78.1 Å². The van der Waals surface area contributed by atoms with E-state index in [2.05, 4.69) is 36.9 Å². The van der Waals surface area contributed by atoms with E-state index in [1.54, 1.807) is 4.90 Å². The third kappa shape index (κ3) is 9.55. The summed E-state index contributed by atoms with van der Waals surface area (Å²) in [6.07, 6.45) is 3.94. The van der Waals surface area contributed by atoms with Gasteiger partial charge in [-0.05, 0) is 24.3 Å². The third-order valence-electron chi connectivity index (χ3n) is 3.48. The zero-order chi connectivity index (χ0) is 19.9. The number of aliphatic hydroxyl groups excluding tert-OH is 1. The van der Waals surface area contributed by atoms with E-state index >= 15 is 0 Å². The van der Waals surface area contributed by atoms with E-state index in [-0.39, 0.29) is 30.8 Å². The van der Waals surface area contributed by atoms with E-state index in [0.717, 1.165) is 12.2 Å². The second-order valence-electron chi connectivity index (χ2n) is 5.20. The molecule has 3 amide bonds. The monoisotopic (exact) mass is 364 g/mol. The third-order valence-corrected chi connectivity index (χ3v) is 3.48. The van der Waals surface area contributed by atoms with Crippen molar-refractivity contribution in [1.29, 1.82) is 0 Å². The average Bonchev–Trinajstić information content (AvgIpc) is 2.66. The molecule has 144 valence electrons. The second kappa shape index (κ2) is 13.6. The molecule has 26 heavy (non-hydrogen) atoms. The zero-order valence-electron chi connectivity index (χ0n) is 15.0. The first-order chi connectivity index (χ1) is 12.4. The van der Waals surface area contributed by atoms with Crippen LogP contribution in [0.4, 0.5) is 0 Å². The van der Waals surface area contributed by atoms with E-state index in [0.29, 0.717) is 26.2 Å². The molecule has 8 heteroatoms. The minimum atomic E-state index is -0.920. The van der Waals surface area contributed by atoms with Crippen LogP contribution >= 0.6 is 0 Å². The summed E-state index contributed by atoms with van der Waals surface area (Å²) >= 11 is 0. The van der Waals surface area contributed by atoms with Gasteiger partial charge >= 0.3 is 0 Å². The van der Waals surface area contributed by atoms with Gasteiger partial charge in [0.2, 0.25) is 17.7 Å². The first kappa shape index (κ1) is 23.3. The highest BCUT2D eigenvalue weighted by Crippen LogP contribution is 2.00. The highest BCUT2D eigenvalue weighted by atomic mass is 16.3. The van der Waals surface area contributed by atoms with Crippen molar-refractivity contribution in [1.82, 2.24) is 20.4 Å². The van der Waals surface area contributed by atoms with Crippen LogP contribution < -0.4 is 10.6 Å². The maximum atomic E-state index is 12.0. The lowest BCUT2D eigenvalue weighted by molar-refractivity contribution is -0.127. The number of carbonyl (C=O) groups excluding carboxylic acids is 3. The van der Waals surface area contributed by atoms with Crippen molar-refractivity contribution in [2.45, 2.75) is 6.23 Å². The largest absolute Gasteiger partial charge is 0.375 e. The topological polar surface area (TPSA) is 102 Å². The first-order valence-corrected chi connectivity index (χ1v) is 8.16. The molecule has 0 aromatic rings. The van der Waals surface area contributed by atoms with Crippen LogP contribution in [0.15, 0.2) is 50.6 Å². The standard InChI is InChI=1S/C18H28N4O4/c1-5-15(23)19-9-11-21(17(25)7-3)13-14-22(18(26)8-4)12-10-20-16(24)6-2/h5-8,17,25H,1-4,9-14H2,(H,19,23)(H,20,24). The zero-order valence-corrected chi connectivity index (χ0v) is 15.0. The van der Waals surface area contributed by atoms with Gasteiger partial charge in [-0.3, -0.25) is 19.3 Å². The molecule has 0 rings (SSSR count). The lowest BCUT2D eigenvalue weighted by atomic mass is 10.3. The van der Waals surface area contributed by atoms with Crippen LogP contribution in [0.5, 0.6) is 0 Å². The fourth-order valence-electron chi connectivity index (χ4n) is 2.02. The lowest BCUT2D eigenvalue weighted by Gasteiger charge is -2.29. The Hall–Kier alpha value is -2.71. The molecular formula is C18H28N4O4. The van der Waals surface area contributed by atoms with E-state index in [4.69, 9.17) is 0 Å². The number of nitrogens with one attached hydrogen (secondary N) is 2. The molecule has 0 radical (unpaired) electrons. The Morgan fingerprint density at radius 2 is 1.38 bits per heavy atom. The molecule has 0 bridgehead atoms.